The van der Waals surface area contributed by atoms with Crippen LogP contribution in [0.15, 0.2) is 47.4 Å². The molecule has 0 amide bonds. The van der Waals surface area contributed by atoms with Crippen molar-refractivity contribution in [3.63, 3.8) is 0 Å². The third-order valence-corrected chi connectivity index (χ3v) is 3.84. The van der Waals surface area contributed by atoms with Gasteiger partial charge < -0.3 is 0 Å². The summed E-state index contributed by atoms with van der Waals surface area (Å²) in [6.07, 6.45) is 0. The average Bonchev–Trinajstić information content (AvgIpc) is 2.42. The van der Waals surface area contributed by atoms with Crippen molar-refractivity contribution in [1.82, 2.24) is 0 Å². The first-order valence-corrected chi connectivity index (χ1v) is 6.60. The van der Waals surface area contributed by atoms with Crippen LogP contribution < -0.4 is 0 Å². The average molecular weight is 275 g/mol. The lowest BCUT2D eigenvalue weighted by Gasteiger charge is -2.12. The lowest BCUT2D eigenvalue weighted by Crippen LogP contribution is -1.94. The minimum Gasteiger partial charge on any atom is -0.207 e. The van der Waals surface area contributed by atoms with E-state index in [1.807, 2.05) is 13.0 Å². The second-order valence-electron chi connectivity index (χ2n) is 4.06. The third-order valence-electron chi connectivity index (χ3n) is 2.69. The molecule has 0 bridgehead atoms. The van der Waals surface area contributed by atoms with Gasteiger partial charge in [0.25, 0.3) is 0 Å². The molecule has 0 aliphatic rings. The van der Waals surface area contributed by atoms with Crippen molar-refractivity contribution < 1.29 is 8.78 Å². The third kappa shape index (κ3) is 3.33. The molecule has 0 radical (unpaired) electrons. The maximum Gasteiger partial charge on any atom is 0.127 e. The van der Waals surface area contributed by atoms with E-state index in [0.29, 0.717) is 11.1 Å². The van der Waals surface area contributed by atoms with Crippen LogP contribution in [0.2, 0.25) is 0 Å². The smallest absolute Gasteiger partial charge is 0.127 e. The van der Waals surface area contributed by atoms with Crippen molar-refractivity contribution in [2.75, 3.05) is 0 Å². The molecule has 96 valence electrons. The highest BCUT2D eigenvalue weighted by Crippen LogP contribution is 2.36. The monoisotopic (exact) mass is 275 g/mol. The number of hydrogen-bond donors (Lipinski definition) is 0. The minimum atomic E-state index is -0.441. The molecule has 1 unspecified atom stereocenters. The van der Waals surface area contributed by atoms with Crippen molar-refractivity contribution in [2.45, 2.75) is 17.1 Å². The Morgan fingerprint density at radius 1 is 1.11 bits per heavy atom. The molecule has 2 rings (SSSR count). The number of rotatable bonds is 3. The van der Waals surface area contributed by atoms with Crippen LogP contribution in [0.25, 0.3) is 0 Å². The Morgan fingerprint density at radius 3 is 2.42 bits per heavy atom. The van der Waals surface area contributed by atoms with Gasteiger partial charge in [0, 0.05) is 15.7 Å². The normalized spacial score (nSPS) is 11.9. The molecule has 0 saturated heterocycles. The van der Waals surface area contributed by atoms with Gasteiger partial charge in [0.05, 0.1) is 11.6 Å². The highest BCUT2D eigenvalue weighted by atomic mass is 32.2. The summed E-state index contributed by atoms with van der Waals surface area (Å²) in [4.78, 5) is 0.912. The molecule has 1 atom stereocenters. The molecule has 2 aromatic rings. The van der Waals surface area contributed by atoms with Crippen LogP contribution in [0.1, 0.15) is 23.3 Å². The Hall–Kier alpha value is -1.86. The first-order valence-electron chi connectivity index (χ1n) is 5.72. The molecule has 2 aromatic carbocycles. The van der Waals surface area contributed by atoms with Gasteiger partial charge in [-0.3, -0.25) is 0 Å². The van der Waals surface area contributed by atoms with Gasteiger partial charge in [-0.1, -0.05) is 0 Å². The summed E-state index contributed by atoms with van der Waals surface area (Å²) < 4.78 is 26.8. The van der Waals surface area contributed by atoms with Crippen LogP contribution in [0, 0.1) is 23.0 Å². The van der Waals surface area contributed by atoms with E-state index in [1.165, 1.54) is 17.8 Å². The van der Waals surface area contributed by atoms with Crippen LogP contribution in [0.3, 0.4) is 0 Å². The number of thioether (sulfide) groups is 1. The molecule has 0 fully saturated rings. The molecule has 0 aliphatic carbocycles. The number of nitriles is 1. The summed E-state index contributed by atoms with van der Waals surface area (Å²) in [6.45, 7) is 1.82. The lowest BCUT2D eigenvalue weighted by molar-refractivity contribution is 0.586. The van der Waals surface area contributed by atoms with Gasteiger partial charge >= 0.3 is 0 Å². The number of benzene rings is 2. The van der Waals surface area contributed by atoms with Crippen molar-refractivity contribution >= 4 is 11.8 Å². The molecular formula is C15H11F2NS. The van der Waals surface area contributed by atoms with Gasteiger partial charge in [-0.25, -0.2) is 8.78 Å². The van der Waals surface area contributed by atoms with Gasteiger partial charge in [-0.15, -0.1) is 11.8 Å². The van der Waals surface area contributed by atoms with E-state index in [2.05, 4.69) is 0 Å². The predicted molar refractivity (Wildman–Crippen MR) is 71.8 cm³/mol. The summed E-state index contributed by atoms with van der Waals surface area (Å²) in [6, 6.07) is 12.5. The molecule has 0 aliphatic heterocycles. The van der Waals surface area contributed by atoms with E-state index in [9.17, 15) is 8.78 Å². The van der Waals surface area contributed by atoms with Gasteiger partial charge in [0.1, 0.15) is 11.6 Å². The zero-order chi connectivity index (χ0) is 13.8. The Morgan fingerprint density at radius 2 is 1.79 bits per heavy atom. The maximum absolute atomic E-state index is 13.6. The highest BCUT2D eigenvalue weighted by Gasteiger charge is 2.13. The van der Waals surface area contributed by atoms with E-state index in [1.54, 1.807) is 24.3 Å². The molecule has 0 N–H and O–H groups in total. The van der Waals surface area contributed by atoms with Gasteiger partial charge in [-0.2, -0.15) is 5.26 Å². The highest BCUT2D eigenvalue weighted by molar-refractivity contribution is 7.99. The molecule has 0 spiro atoms. The fourth-order valence-corrected chi connectivity index (χ4v) is 2.71. The first-order chi connectivity index (χ1) is 9.10. The summed E-state index contributed by atoms with van der Waals surface area (Å²) in [5.74, 6) is -0.848. The van der Waals surface area contributed by atoms with E-state index in [-0.39, 0.29) is 5.25 Å². The Bertz CT molecular complexity index is 617. The second kappa shape index (κ2) is 5.85. The largest absolute Gasteiger partial charge is 0.207 e. The van der Waals surface area contributed by atoms with Crippen LogP contribution in [0.4, 0.5) is 8.78 Å². The summed E-state index contributed by atoms with van der Waals surface area (Å²) in [7, 11) is 0. The van der Waals surface area contributed by atoms with Crippen molar-refractivity contribution in [3.8, 4) is 6.07 Å². The molecule has 19 heavy (non-hydrogen) atoms. The number of hydrogen-bond acceptors (Lipinski definition) is 2. The van der Waals surface area contributed by atoms with Gasteiger partial charge in [0.2, 0.25) is 0 Å². The van der Waals surface area contributed by atoms with E-state index in [0.717, 1.165) is 17.0 Å². The van der Waals surface area contributed by atoms with Gasteiger partial charge in [-0.05, 0) is 49.4 Å². The SMILES string of the molecule is CC(Sc1ccc(C#N)cc1)c1cc(F)ccc1F. The van der Waals surface area contributed by atoms with Crippen LogP contribution in [-0.4, -0.2) is 0 Å². The topological polar surface area (TPSA) is 23.8 Å². The van der Waals surface area contributed by atoms with Crippen molar-refractivity contribution in [1.29, 1.82) is 5.26 Å². The Labute approximate surface area is 114 Å². The zero-order valence-corrected chi connectivity index (χ0v) is 11.0. The van der Waals surface area contributed by atoms with E-state index in [4.69, 9.17) is 5.26 Å². The molecular weight excluding hydrogens is 264 g/mol. The molecule has 0 aromatic heterocycles. The predicted octanol–water partition coefficient (Wildman–Crippen LogP) is 4.69. The standard InChI is InChI=1S/C15H11F2NS/c1-10(14-8-12(16)4-7-15(14)17)19-13-5-2-11(9-18)3-6-13/h2-8,10H,1H3. The molecule has 0 heterocycles. The zero-order valence-electron chi connectivity index (χ0n) is 10.2. The minimum absolute atomic E-state index is 0.205. The van der Waals surface area contributed by atoms with Crippen LogP contribution in [0.5, 0.6) is 0 Å². The molecule has 0 saturated carbocycles. The maximum atomic E-state index is 13.6. The summed E-state index contributed by atoms with van der Waals surface area (Å²) in [5.41, 5.74) is 0.920. The Kier molecular flexibility index (Phi) is 4.18. The fourth-order valence-electron chi connectivity index (χ4n) is 1.70. The van der Waals surface area contributed by atoms with Gasteiger partial charge in [0.15, 0.2) is 0 Å². The number of halogens is 2. The van der Waals surface area contributed by atoms with Crippen molar-refractivity contribution in [3.05, 3.63) is 65.2 Å². The first kappa shape index (κ1) is 13.6. The van der Waals surface area contributed by atoms with E-state index >= 15 is 0 Å². The summed E-state index contributed by atoms with van der Waals surface area (Å²) >= 11 is 1.42. The quantitative estimate of drug-likeness (QED) is 0.759. The molecule has 4 heteroatoms. The Balaban J connectivity index is 2.18. The van der Waals surface area contributed by atoms with Crippen LogP contribution >= 0.6 is 11.8 Å². The fraction of sp³-hybridized carbons (Fsp3) is 0.133. The lowest BCUT2D eigenvalue weighted by atomic mass is 10.1. The van der Waals surface area contributed by atoms with E-state index < -0.39 is 11.6 Å². The van der Waals surface area contributed by atoms with Crippen molar-refractivity contribution in [2.24, 2.45) is 0 Å². The molecule has 1 nitrogen and oxygen atoms in total. The summed E-state index contributed by atoms with van der Waals surface area (Å²) in [5, 5.41) is 8.50. The second-order valence-corrected chi connectivity index (χ2v) is 5.48. The number of nitrogens with zero attached hydrogens (tertiary/aromatic N) is 1. The van der Waals surface area contributed by atoms with Crippen LogP contribution in [-0.2, 0) is 0 Å².